The number of piperidine rings is 1. The molecule has 9 nitrogen and oxygen atoms in total. The van der Waals surface area contributed by atoms with Gasteiger partial charge < -0.3 is 25.4 Å². The lowest BCUT2D eigenvalue weighted by atomic mass is 9.87. The highest BCUT2D eigenvalue weighted by Gasteiger charge is 2.30. The number of amides is 2. The molecule has 38 heavy (non-hydrogen) atoms. The van der Waals surface area contributed by atoms with Gasteiger partial charge in [-0.1, -0.05) is 19.8 Å². The first kappa shape index (κ1) is 28.2. The number of aromatic nitrogens is 2. The minimum absolute atomic E-state index is 0.0313. The van der Waals surface area contributed by atoms with E-state index in [1.807, 2.05) is 0 Å². The summed E-state index contributed by atoms with van der Waals surface area (Å²) in [5, 5.41) is 16.3. The van der Waals surface area contributed by atoms with Gasteiger partial charge >= 0.3 is 0 Å². The van der Waals surface area contributed by atoms with Gasteiger partial charge in [0, 0.05) is 37.4 Å². The highest BCUT2D eigenvalue weighted by molar-refractivity contribution is 7.17. The molecule has 2 aromatic heterocycles. The Balaban J connectivity index is 1.64. The molecule has 1 saturated heterocycles. The lowest BCUT2D eigenvalue weighted by Crippen LogP contribution is -2.39. The largest absolute Gasteiger partial charge is 0.493 e. The molecule has 2 aromatic rings. The van der Waals surface area contributed by atoms with Crippen LogP contribution in [-0.4, -0.2) is 76.3 Å². The number of pyridine rings is 1. The van der Waals surface area contributed by atoms with Crippen LogP contribution in [-0.2, 0) is 0 Å². The molecule has 2 amide bonds. The van der Waals surface area contributed by atoms with Crippen molar-refractivity contribution in [1.82, 2.24) is 20.2 Å². The molecule has 0 radical (unpaired) electrons. The molecule has 0 bridgehead atoms. The van der Waals surface area contributed by atoms with Crippen molar-refractivity contribution >= 4 is 29.0 Å². The predicted molar refractivity (Wildman–Crippen MR) is 146 cm³/mol. The Bertz CT molecular complexity index is 1140. The summed E-state index contributed by atoms with van der Waals surface area (Å²) < 4.78 is 19.4. The molecule has 1 aliphatic carbocycles. The molecule has 11 heteroatoms. The van der Waals surface area contributed by atoms with Crippen LogP contribution >= 0.6 is 11.3 Å². The van der Waals surface area contributed by atoms with Crippen LogP contribution in [0.25, 0.3) is 10.4 Å². The average Bonchev–Trinajstić information content (AvgIpc) is 3.33. The van der Waals surface area contributed by atoms with Gasteiger partial charge in [-0.05, 0) is 51.5 Å². The number of carbonyl (C=O) groups excluding carboxylic acids is 2. The van der Waals surface area contributed by atoms with E-state index in [1.165, 1.54) is 12.8 Å². The van der Waals surface area contributed by atoms with Gasteiger partial charge in [0.05, 0.1) is 17.6 Å². The van der Waals surface area contributed by atoms with Crippen molar-refractivity contribution in [1.29, 1.82) is 0 Å². The molecular formula is C27H38FN5O4S. The Morgan fingerprint density at radius 1 is 1.26 bits per heavy atom. The summed E-state index contributed by atoms with van der Waals surface area (Å²) in [5.74, 6) is 1.01. The second kappa shape index (κ2) is 11.9. The van der Waals surface area contributed by atoms with Crippen molar-refractivity contribution in [2.45, 2.75) is 77.1 Å². The second-order valence-corrected chi connectivity index (χ2v) is 12.0. The lowest BCUT2D eigenvalue weighted by molar-refractivity contribution is 0.0660. The highest BCUT2D eigenvalue weighted by atomic mass is 32.1. The van der Waals surface area contributed by atoms with Gasteiger partial charge in [-0.3, -0.25) is 9.59 Å². The molecule has 3 N–H and O–H groups in total. The number of anilines is 1. The maximum Gasteiger partial charge on any atom is 0.280 e. The van der Waals surface area contributed by atoms with Gasteiger partial charge in [0.2, 0.25) is 0 Å². The van der Waals surface area contributed by atoms with E-state index >= 15 is 0 Å². The van der Waals surface area contributed by atoms with Crippen LogP contribution < -0.4 is 15.4 Å². The molecule has 0 spiro atoms. The number of alkyl halides is 1. The quantitative estimate of drug-likeness (QED) is 0.452. The fourth-order valence-corrected chi connectivity index (χ4v) is 5.88. The van der Waals surface area contributed by atoms with Crippen molar-refractivity contribution in [2.24, 2.45) is 5.92 Å². The van der Waals surface area contributed by atoms with E-state index in [1.54, 1.807) is 38.1 Å². The standard InChI is InChI=1S/C27H38FN5O4S/c1-16-6-5-7-19(12-16)31-23-20(37-4)13-17(14-29-23)22-21(26(35)33-10-8-18(28)9-11-33)32-25(38-22)24(34)30-15-27(2,3)36/h13-14,16,18-19,36H,5-12,15H2,1-4H3,(H,29,31)(H,30,34). The van der Waals surface area contributed by atoms with Crippen LogP contribution in [0.3, 0.4) is 0 Å². The minimum Gasteiger partial charge on any atom is -0.493 e. The van der Waals surface area contributed by atoms with Gasteiger partial charge in [0.1, 0.15) is 11.9 Å². The van der Waals surface area contributed by atoms with E-state index in [0.717, 1.165) is 24.2 Å². The number of hydrogen-bond acceptors (Lipinski definition) is 8. The molecule has 2 atom stereocenters. The predicted octanol–water partition coefficient (Wildman–Crippen LogP) is 4.28. The second-order valence-electron chi connectivity index (χ2n) is 11.0. The number of halogens is 1. The molecule has 1 aliphatic heterocycles. The van der Waals surface area contributed by atoms with Gasteiger partial charge in [0.25, 0.3) is 11.8 Å². The molecule has 2 fully saturated rings. The Labute approximate surface area is 227 Å². The van der Waals surface area contributed by atoms with Crippen LogP contribution in [0.1, 0.15) is 79.6 Å². The fraction of sp³-hybridized carbons (Fsp3) is 0.630. The molecule has 2 unspecified atom stereocenters. The van der Waals surface area contributed by atoms with E-state index in [4.69, 9.17) is 4.74 Å². The number of hydrogen-bond donors (Lipinski definition) is 3. The maximum atomic E-state index is 13.7. The van der Waals surface area contributed by atoms with Crippen LogP contribution in [0.2, 0.25) is 0 Å². The summed E-state index contributed by atoms with van der Waals surface area (Å²) in [7, 11) is 1.57. The van der Waals surface area contributed by atoms with Gasteiger partial charge in [-0.15, -0.1) is 11.3 Å². The normalized spacial score (nSPS) is 20.7. The highest BCUT2D eigenvalue weighted by Crippen LogP contribution is 2.36. The summed E-state index contributed by atoms with van der Waals surface area (Å²) in [6.07, 6.45) is 5.84. The Kier molecular flexibility index (Phi) is 8.87. The maximum absolute atomic E-state index is 13.7. The third-order valence-electron chi connectivity index (χ3n) is 7.03. The summed E-state index contributed by atoms with van der Waals surface area (Å²) in [5.41, 5.74) is -0.361. The van der Waals surface area contributed by atoms with E-state index in [0.29, 0.717) is 47.1 Å². The topological polar surface area (TPSA) is 117 Å². The Morgan fingerprint density at radius 2 is 2.00 bits per heavy atom. The molecule has 208 valence electrons. The number of nitrogens with one attached hydrogen (secondary N) is 2. The van der Waals surface area contributed by atoms with E-state index in [9.17, 15) is 19.1 Å². The third kappa shape index (κ3) is 6.99. The lowest BCUT2D eigenvalue weighted by Gasteiger charge is -2.28. The van der Waals surface area contributed by atoms with Crippen molar-refractivity contribution in [3.63, 3.8) is 0 Å². The summed E-state index contributed by atoms with van der Waals surface area (Å²) in [6.45, 7) is 6.05. The van der Waals surface area contributed by atoms with Crippen LogP contribution in [0.15, 0.2) is 12.3 Å². The third-order valence-corrected chi connectivity index (χ3v) is 8.13. The van der Waals surface area contributed by atoms with Crippen molar-refractivity contribution in [2.75, 3.05) is 32.1 Å². The van der Waals surface area contributed by atoms with E-state index in [2.05, 4.69) is 27.5 Å². The van der Waals surface area contributed by atoms with Gasteiger partial charge in [-0.25, -0.2) is 14.4 Å². The molecule has 4 rings (SSSR count). The zero-order valence-corrected chi connectivity index (χ0v) is 23.4. The van der Waals surface area contributed by atoms with Crippen LogP contribution in [0, 0.1) is 5.92 Å². The number of aliphatic hydroxyl groups is 1. The summed E-state index contributed by atoms with van der Waals surface area (Å²) in [6, 6.07) is 2.12. The first-order chi connectivity index (χ1) is 18.0. The van der Waals surface area contributed by atoms with Crippen molar-refractivity contribution < 1.29 is 23.8 Å². The first-order valence-corrected chi connectivity index (χ1v) is 14.1. The summed E-state index contributed by atoms with van der Waals surface area (Å²) in [4.78, 5) is 37.5. The monoisotopic (exact) mass is 547 g/mol. The zero-order valence-electron chi connectivity index (χ0n) is 22.6. The average molecular weight is 548 g/mol. The van der Waals surface area contributed by atoms with Crippen molar-refractivity contribution in [3.05, 3.63) is 23.0 Å². The van der Waals surface area contributed by atoms with Crippen LogP contribution in [0.5, 0.6) is 5.75 Å². The molecule has 0 aromatic carbocycles. The smallest absolute Gasteiger partial charge is 0.280 e. The number of likely N-dealkylation sites (tertiary alicyclic amines) is 1. The number of methoxy groups -OCH3 is 1. The van der Waals surface area contributed by atoms with Crippen molar-refractivity contribution in [3.8, 4) is 16.2 Å². The van der Waals surface area contributed by atoms with Gasteiger partial charge in [0.15, 0.2) is 16.6 Å². The van der Waals surface area contributed by atoms with E-state index < -0.39 is 17.7 Å². The Hall–Kier alpha value is -2.79. The number of nitrogens with zero attached hydrogens (tertiary/aromatic N) is 3. The van der Waals surface area contributed by atoms with E-state index in [-0.39, 0.29) is 36.0 Å². The fourth-order valence-electron chi connectivity index (χ4n) is 4.92. The molecule has 3 heterocycles. The molecule has 1 saturated carbocycles. The minimum atomic E-state index is -1.10. The number of carbonyl (C=O) groups is 2. The first-order valence-electron chi connectivity index (χ1n) is 13.3. The number of ether oxygens (including phenoxy) is 1. The number of thiazole rings is 1. The summed E-state index contributed by atoms with van der Waals surface area (Å²) >= 11 is 1.08. The molecular weight excluding hydrogens is 509 g/mol. The Morgan fingerprint density at radius 3 is 2.66 bits per heavy atom. The SMILES string of the molecule is COc1cc(-c2sc(C(=O)NCC(C)(C)O)nc2C(=O)N2CCC(F)CC2)cnc1NC1CCCC(C)C1. The molecule has 2 aliphatic rings. The van der Waals surface area contributed by atoms with Crippen LogP contribution in [0.4, 0.5) is 10.2 Å². The zero-order chi connectivity index (χ0) is 27.4. The number of rotatable bonds is 8. The van der Waals surface area contributed by atoms with Gasteiger partial charge in [-0.2, -0.15) is 0 Å².